The van der Waals surface area contributed by atoms with Gasteiger partial charge in [0.1, 0.15) is 0 Å². The number of rotatable bonds is 5. The minimum Gasteiger partial charge on any atom is -0.369 e. The Labute approximate surface area is 200 Å². The van der Waals surface area contributed by atoms with Crippen molar-refractivity contribution >= 4 is 11.8 Å². The van der Waals surface area contributed by atoms with E-state index in [-0.39, 0.29) is 0 Å². The van der Waals surface area contributed by atoms with Crippen LogP contribution in [-0.2, 0) is 6.42 Å². The highest BCUT2D eigenvalue weighted by Gasteiger charge is 2.24. The number of hydrogen-bond acceptors (Lipinski definition) is 4. The van der Waals surface area contributed by atoms with Crippen LogP contribution in [0.2, 0.25) is 0 Å². The second-order valence-electron chi connectivity index (χ2n) is 10.5. The first-order chi connectivity index (χ1) is 16.0. The van der Waals surface area contributed by atoms with Gasteiger partial charge in [0.05, 0.1) is 5.69 Å². The SMILES string of the molecule is Cc1nc(-c2ccc(N3CCN(C(C)C)CC3)cc2)c2c(c1C)CC(CN1CCCCC1)=C2. The molecule has 1 aromatic carbocycles. The van der Waals surface area contributed by atoms with Gasteiger partial charge in [-0.15, -0.1) is 0 Å². The molecular weight excluding hydrogens is 404 g/mol. The number of nitrogens with zero attached hydrogens (tertiary/aromatic N) is 4. The van der Waals surface area contributed by atoms with Gasteiger partial charge in [0, 0.05) is 61.3 Å². The molecule has 2 aliphatic heterocycles. The lowest BCUT2D eigenvalue weighted by molar-refractivity contribution is 0.209. The summed E-state index contributed by atoms with van der Waals surface area (Å²) in [7, 11) is 0. The first-order valence-electron chi connectivity index (χ1n) is 13.0. The molecule has 33 heavy (non-hydrogen) atoms. The number of benzene rings is 1. The Morgan fingerprint density at radius 2 is 1.58 bits per heavy atom. The summed E-state index contributed by atoms with van der Waals surface area (Å²) in [5.41, 5.74) is 10.7. The molecular formula is C29H40N4. The molecule has 0 spiro atoms. The molecule has 1 aromatic heterocycles. The van der Waals surface area contributed by atoms with Crippen molar-refractivity contribution in [2.75, 3.05) is 50.7 Å². The molecule has 0 saturated carbocycles. The van der Waals surface area contributed by atoms with Crippen molar-refractivity contribution in [3.05, 3.63) is 52.2 Å². The Balaban J connectivity index is 1.36. The number of piperazine rings is 1. The lowest BCUT2D eigenvalue weighted by atomic mass is 9.97. The summed E-state index contributed by atoms with van der Waals surface area (Å²) in [5.74, 6) is 0. The quantitative estimate of drug-likeness (QED) is 0.622. The molecule has 3 heterocycles. The summed E-state index contributed by atoms with van der Waals surface area (Å²) in [5, 5.41) is 0. The molecule has 1 aliphatic carbocycles. The van der Waals surface area contributed by atoms with Crippen molar-refractivity contribution in [1.82, 2.24) is 14.8 Å². The van der Waals surface area contributed by atoms with Crippen molar-refractivity contribution in [1.29, 1.82) is 0 Å². The summed E-state index contributed by atoms with van der Waals surface area (Å²) < 4.78 is 0. The van der Waals surface area contributed by atoms with Gasteiger partial charge in [-0.1, -0.05) is 30.2 Å². The van der Waals surface area contributed by atoms with Gasteiger partial charge >= 0.3 is 0 Å². The average molecular weight is 445 g/mol. The van der Waals surface area contributed by atoms with Crippen LogP contribution < -0.4 is 4.90 Å². The van der Waals surface area contributed by atoms with E-state index in [2.05, 4.69) is 72.7 Å². The van der Waals surface area contributed by atoms with Gasteiger partial charge in [-0.3, -0.25) is 14.8 Å². The fourth-order valence-corrected chi connectivity index (χ4v) is 5.79. The highest BCUT2D eigenvalue weighted by molar-refractivity contribution is 5.80. The van der Waals surface area contributed by atoms with Gasteiger partial charge in [-0.25, -0.2) is 0 Å². The molecule has 0 bridgehead atoms. The fourth-order valence-electron chi connectivity index (χ4n) is 5.79. The molecule has 2 aromatic rings. The monoisotopic (exact) mass is 444 g/mol. The molecule has 0 radical (unpaired) electrons. The van der Waals surface area contributed by atoms with E-state index in [1.807, 2.05) is 0 Å². The first-order valence-corrected chi connectivity index (χ1v) is 13.0. The lowest BCUT2D eigenvalue weighted by Crippen LogP contribution is -2.48. The standard InChI is InChI=1S/C29H40N4/c1-21(2)32-14-16-33(17-15-32)26-10-8-25(9-11-26)29-28-19-24(20-31-12-6-5-7-13-31)18-27(28)22(3)23(4)30-29/h8-11,19,21H,5-7,12-18,20H2,1-4H3. The summed E-state index contributed by atoms with van der Waals surface area (Å²) in [6.07, 6.45) is 7.64. The van der Waals surface area contributed by atoms with Gasteiger partial charge in [0.25, 0.3) is 0 Å². The third-order valence-corrected chi connectivity index (χ3v) is 8.03. The molecule has 176 valence electrons. The zero-order valence-corrected chi connectivity index (χ0v) is 21.0. The van der Waals surface area contributed by atoms with Crippen molar-refractivity contribution in [2.24, 2.45) is 0 Å². The summed E-state index contributed by atoms with van der Waals surface area (Å²) in [6.45, 7) is 17.2. The maximum Gasteiger partial charge on any atom is 0.0780 e. The number of hydrogen-bond donors (Lipinski definition) is 0. The second kappa shape index (κ2) is 9.60. The number of aryl methyl sites for hydroxylation is 1. The van der Waals surface area contributed by atoms with Crippen LogP contribution in [0.5, 0.6) is 0 Å². The van der Waals surface area contributed by atoms with Crippen LogP contribution in [0.15, 0.2) is 29.8 Å². The summed E-state index contributed by atoms with van der Waals surface area (Å²) in [4.78, 5) is 12.8. The normalized spacial score (nSPS) is 19.8. The molecule has 0 N–H and O–H groups in total. The Morgan fingerprint density at radius 1 is 0.879 bits per heavy atom. The third-order valence-electron chi connectivity index (χ3n) is 8.03. The zero-order chi connectivity index (χ0) is 22.9. The minimum atomic E-state index is 0.639. The molecule has 0 amide bonds. The predicted octanol–water partition coefficient (Wildman–Crippen LogP) is 5.32. The average Bonchev–Trinajstić information content (AvgIpc) is 3.26. The Morgan fingerprint density at radius 3 is 2.24 bits per heavy atom. The van der Waals surface area contributed by atoms with E-state index in [4.69, 9.17) is 4.98 Å². The molecule has 0 unspecified atom stereocenters. The molecule has 4 heteroatoms. The smallest absolute Gasteiger partial charge is 0.0780 e. The summed E-state index contributed by atoms with van der Waals surface area (Å²) in [6, 6.07) is 9.82. The maximum absolute atomic E-state index is 5.09. The van der Waals surface area contributed by atoms with E-state index in [0.717, 1.165) is 44.8 Å². The molecule has 2 saturated heterocycles. The highest BCUT2D eigenvalue weighted by atomic mass is 15.3. The van der Waals surface area contributed by atoms with Crippen LogP contribution in [0, 0.1) is 13.8 Å². The van der Waals surface area contributed by atoms with Gasteiger partial charge in [0.2, 0.25) is 0 Å². The van der Waals surface area contributed by atoms with Crippen molar-refractivity contribution in [3.8, 4) is 11.3 Å². The minimum absolute atomic E-state index is 0.639. The van der Waals surface area contributed by atoms with Gasteiger partial charge in [-0.05, 0) is 83.3 Å². The van der Waals surface area contributed by atoms with Gasteiger partial charge < -0.3 is 4.90 Å². The van der Waals surface area contributed by atoms with E-state index in [1.54, 1.807) is 5.57 Å². The lowest BCUT2D eigenvalue weighted by Gasteiger charge is -2.38. The topological polar surface area (TPSA) is 22.6 Å². The van der Waals surface area contributed by atoms with E-state index >= 15 is 0 Å². The number of aromatic nitrogens is 1. The molecule has 4 nitrogen and oxygen atoms in total. The fraction of sp³-hybridized carbons (Fsp3) is 0.552. The Hall–Kier alpha value is -2.17. The number of piperidine rings is 1. The molecule has 2 fully saturated rings. The van der Waals surface area contributed by atoms with E-state index in [9.17, 15) is 0 Å². The van der Waals surface area contributed by atoms with E-state index in [1.165, 1.54) is 66.0 Å². The zero-order valence-electron chi connectivity index (χ0n) is 21.0. The number of fused-ring (bicyclic) bond motifs is 1. The highest BCUT2D eigenvalue weighted by Crippen LogP contribution is 2.37. The Bertz CT molecular complexity index is 1010. The second-order valence-corrected chi connectivity index (χ2v) is 10.5. The maximum atomic E-state index is 5.09. The third kappa shape index (κ3) is 4.74. The molecule has 3 aliphatic rings. The predicted molar refractivity (Wildman–Crippen MR) is 140 cm³/mol. The number of pyridine rings is 1. The van der Waals surface area contributed by atoms with E-state index in [0.29, 0.717) is 6.04 Å². The largest absolute Gasteiger partial charge is 0.369 e. The molecule has 5 rings (SSSR count). The van der Waals surface area contributed by atoms with Gasteiger partial charge in [0.15, 0.2) is 0 Å². The van der Waals surface area contributed by atoms with Crippen LogP contribution in [-0.4, -0.2) is 66.6 Å². The van der Waals surface area contributed by atoms with Crippen molar-refractivity contribution in [2.45, 2.75) is 59.4 Å². The first kappa shape index (κ1) is 22.6. The van der Waals surface area contributed by atoms with Crippen molar-refractivity contribution in [3.63, 3.8) is 0 Å². The van der Waals surface area contributed by atoms with Crippen molar-refractivity contribution < 1.29 is 0 Å². The van der Waals surface area contributed by atoms with Crippen LogP contribution in [0.3, 0.4) is 0 Å². The molecule has 0 atom stereocenters. The number of likely N-dealkylation sites (tertiary alicyclic amines) is 1. The summed E-state index contributed by atoms with van der Waals surface area (Å²) >= 11 is 0. The van der Waals surface area contributed by atoms with Gasteiger partial charge in [-0.2, -0.15) is 0 Å². The van der Waals surface area contributed by atoms with Crippen LogP contribution in [0.1, 0.15) is 55.5 Å². The van der Waals surface area contributed by atoms with Crippen LogP contribution in [0.4, 0.5) is 5.69 Å². The Kier molecular flexibility index (Phi) is 6.58. The van der Waals surface area contributed by atoms with E-state index < -0.39 is 0 Å². The number of anilines is 1. The van der Waals surface area contributed by atoms with Crippen LogP contribution in [0.25, 0.3) is 17.3 Å². The van der Waals surface area contributed by atoms with Crippen LogP contribution >= 0.6 is 0 Å².